The molecule has 2 rings (SSSR count). The summed E-state index contributed by atoms with van der Waals surface area (Å²) in [4.78, 5) is 10.5. The minimum Gasteiger partial charge on any atom is -0.312 e. The third-order valence-corrected chi connectivity index (χ3v) is 4.51. The fourth-order valence-electron chi connectivity index (χ4n) is 2.79. The van der Waals surface area contributed by atoms with Crippen molar-refractivity contribution in [3.8, 4) is 0 Å². The van der Waals surface area contributed by atoms with Gasteiger partial charge in [-0.05, 0) is 42.9 Å². The summed E-state index contributed by atoms with van der Waals surface area (Å²) in [6.45, 7) is 4.02. The maximum atomic E-state index is 10.8. The third kappa shape index (κ3) is 4.56. The van der Waals surface area contributed by atoms with Crippen molar-refractivity contribution in [2.24, 2.45) is 11.8 Å². The lowest BCUT2D eigenvalue weighted by atomic mass is 9.83. The van der Waals surface area contributed by atoms with E-state index in [2.05, 4.69) is 28.2 Å². The van der Waals surface area contributed by atoms with Crippen LogP contribution in [0.2, 0.25) is 0 Å². The SMILES string of the molecule is CC1CCC(CNCc2cc(Br)cc([N+](=O)[O-])c2)CC1. The number of halogens is 1. The monoisotopic (exact) mass is 340 g/mol. The molecule has 0 spiro atoms. The Kier molecular flexibility index (Phi) is 5.54. The first-order chi connectivity index (χ1) is 9.54. The highest BCUT2D eigenvalue weighted by atomic mass is 79.9. The summed E-state index contributed by atoms with van der Waals surface area (Å²) in [5.74, 6) is 1.63. The Bertz CT molecular complexity index is 471. The Labute approximate surface area is 128 Å². The van der Waals surface area contributed by atoms with Crippen molar-refractivity contribution in [2.45, 2.75) is 39.2 Å². The van der Waals surface area contributed by atoms with E-state index >= 15 is 0 Å². The van der Waals surface area contributed by atoms with E-state index in [4.69, 9.17) is 0 Å². The highest BCUT2D eigenvalue weighted by Gasteiger charge is 2.17. The van der Waals surface area contributed by atoms with Crippen LogP contribution in [0.5, 0.6) is 0 Å². The van der Waals surface area contributed by atoms with Gasteiger partial charge in [-0.25, -0.2) is 0 Å². The van der Waals surface area contributed by atoms with Crippen LogP contribution < -0.4 is 5.32 Å². The van der Waals surface area contributed by atoms with Crippen LogP contribution in [0.4, 0.5) is 5.69 Å². The summed E-state index contributed by atoms with van der Waals surface area (Å²) in [5, 5.41) is 14.3. The van der Waals surface area contributed by atoms with Gasteiger partial charge in [-0.2, -0.15) is 0 Å². The average Bonchev–Trinajstić information content (AvgIpc) is 2.40. The van der Waals surface area contributed by atoms with E-state index in [1.54, 1.807) is 6.07 Å². The lowest BCUT2D eigenvalue weighted by molar-refractivity contribution is -0.385. The van der Waals surface area contributed by atoms with Gasteiger partial charge >= 0.3 is 0 Å². The lowest BCUT2D eigenvalue weighted by Gasteiger charge is -2.26. The Morgan fingerprint density at radius 2 is 2.00 bits per heavy atom. The predicted molar refractivity (Wildman–Crippen MR) is 83.6 cm³/mol. The molecule has 1 aromatic carbocycles. The molecule has 0 radical (unpaired) electrons. The summed E-state index contributed by atoms with van der Waals surface area (Å²) in [6.07, 6.45) is 5.25. The van der Waals surface area contributed by atoms with Crippen LogP contribution >= 0.6 is 15.9 Å². The highest BCUT2D eigenvalue weighted by molar-refractivity contribution is 9.10. The summed E-state index contributed by atoms with van der Waals surface area (Å²) in [5.41, 5.74) is 1.10. The maximum Gasteiger partial charge on any atom is 0.270 e. The van der Waals surface area contributed by atoms with Crippen molar-refractivity contribution < 1.29 is 4.92 Å². The smallest absolute Gasteiger partial charge is 0.270 e. The van der Waals surface area contributed by atoms with Gasteiger partial charge in [-0.3, -0.25) is 10.1 Å². The van der Waals surface area contributed by atoms with Crippen molar-refractivity contribution in [2.75, 3.05) is 6.54 Å². The molecule has 1 saturated carbocycles. The van der Waals surface area contributed by atoms with E-state index in [0.29, 0.717) is 6.54 Å². The average molecular weight is 341 g/mol. The first kappa shape index (κ1) is 15.4. The van der Waals surface area contributed by atoms with Crippen molar-refractivity contribution in [3.63, 3.8) is 0 Å². The van der Waals surface area contributed by atoms with Gasteiger partial charge in [0.2, 0.25) is 0 Å². The lowest BCUT2D eigenvalue weighted by Crippen LogP contribution is -2.25. The zero-order chi connectivity index (χ0) is 14.5. The Morgan fingerprint density at radius 1 is 1.30 bits per heavy atom. The third-order valence-electron chi connectivity index (χ3n) is 4.05. The molecule has 1 fully saturated rings. The van der Waals surface area contributed by atoms with Crippen LogP contribution in [0.25, 0.3) is 0 Å². The molecule has 20 heavy (non-hydrogen) atoms. The second-order valence-corrected chi connectivity index (χ2v) is 6.75. The van der Waals surface area contributed by atoms with Crippen LogP contribution in [0.3, 0.4) is 0 Å². The van der Waals surface area contributed by atoms with E-state index in [9.17, 15) is 10.1 Å². The number of hydrogen-bond donors (Lipinski definition) is 1. The van der Waals surface area contributed by atoms with E-state index < -0.39 is 0 Å². The van der Waals surface area contributed by atoms with Gasteiger partial charge in [0.1, 0.15) is 0 Å². The molecule has 1 N–H and O–H groups in total. The minimum atomic E-state index is -0.350. The van der Waals surface area contributed by atoms with Gasteiger partial charge in [-0.15, -0.1) is 0 Å². The molecular formula is C15H21BrN2O2. The van der Waals surface area contributed by atoms with Crippen LogP contribution in [-0.4, -0.2) is 11.5 Å². The molecule has 0 aliphatic heterocycles. The van der Waals surface area contributed by atoms with Crippen LogP contribution in [0.15, 0.2) is 22.7 Å². The fraction of sp³-hybridized carbons (Fsp3) is 0.600. The van der Waals surface area contributed by atoms with Crippen molar-refractivity contribution in [1.29, 1.82) is 0 Å². The minimum absolute atomic E-state index is 0.141. The molecule has 5 heteroatoms. The molecule has 0 amide bonds. The molecule has 0 heterocycles. The van der Waals surface area contributed by atoms with Crippen molar-refractivity contribution in [1.82, 2.24) is 5.32 Å². The quantitative estimate of drug-likeness (QED) is 0.643. The molecule has 110 valence electrons. The summed E-state index contributed by atoms with van der Waals surface area (Å²) in [7, 11) is 0. The molecule has 1 aromatic rings. The number of hydrogen-bond acceptors (Lipinski definition) is 3. The number of benzene rings is 1. The largest absolute Gasteiger partial charge is 0.312 e. The first-order valence-corrected chi connectivity index (χ1v) is 7.98. The molecule has 1 aliphatic carbocycles. The number of non-ortho nitro benzene ring substituents is 1. The number of nitrogens with zero attached hydrogens (tertiary/aromatic N) is 1. The van der Waals surface area contributed by atoms with Gasteiger partial charge < -0.3 is 5.32 Å². The maximum absolute atomic E-state index is 10.8. The van der Waals surface area contributed by atoms with Gasteiger partial charge in [0, 0.05) is 23.2 Å². The molecule has 0 saturated heterocycles. The summed E-state index contributed by atoms with van der Waals surface area (Å²) < 4.78 is 0.759. The predicted octanol–water partition coefficient (Wildman–Crippen LogP) is 4.27. The molecule has 0 bridgehead atoms. The summed E-state index contributed by atoms with van der Waals surface area (Å²) >= 11 is 3.32. The second-order valence-electron chi connectivity index (χ2n) is 5.83. The fourth-order valence-corrected chi connectivity index (χ4v) is 3.32. The topological polar surface area (TPSA) is 55.2 Å². The number of rotatable bonds is 5. The molecule has 0 unspecified atom stereocenters. The van der Waals surface area contributed by atoms with E-state index in [1.807, 2.05) is 6.07 Å². The first-order valence-electron chi connectivity index (χ1n) is 7.19. The van der Waals surface area contributed by atoms with E-state index in [-0.39, 0.29) is 10.6 Å². The number of nitrogens with one attached hydrogen (secondary N) is 1. The molecule has 1 aliphatic rings. The standard InChI is InChI=1S/C15H21BrN2O2/c1-11-2-4-12(5-3-11)9-17-10-13-6-14(16)8-15(7-13)18(19)20/h6-8,11-12,17H,2-5,9-10H2,1H3. The molecule has 4 nitrogen and oxygen atoms in total. The Morgan fingerprint density at radius 3 is 2.65 bits per heavy atom. The van der Waals surface area contributed by atoms with Crippen LogP contribution in [-0.2, 0) is 6.54 Å². The van der Waals surface area contributed by atoms with Crippen molar-refractivity contribution >= 4 is 21.6 Å². The molecular weight excluding hydrogens is 320 g/mol. The van der Waals surface area contributed by atoms with Gasteiger partial charge in [0.15, 0.2) is 0 Å². The van der Waals surface area contributed by atoms with Gasteiger partial charge in [-0.1, -0.05) is 35.7 Å². The van der Waals surface area contributed by atoms with Crippen molar-refractivity contribution in [3.05, 3.63) is 38.3 Å². The zero-order valence-electron chi connectivity index (χ0n) is 11.8. The van der Waals surface area contributed by atoms with Gasteiger partial charge in [0.05, 0.1) is 4.92 Å². The van der Waals surface area contributed by atoms with Crippen LogP contribution in [0.1, 0.15) is 38.2 Å². The molecule has 0 atom stereocenters. The Balaban J connectivity index is 1.83. The second kappa shape index (κ2) is 7.18. The zero-order valence-corrected chi connectivity index (χ0v) is 13.4. The number of nitro benzene ring substituents is 1. The van der Waals surface area contributed by atoms with E-state index in [1.165, 1.54) is 31.7 Å². The van der Waals surface area contributed by atoms with E-state index in [0.717, 1.165) is 28.4 Å². The summed E-state index contributed by atoms with van der Waals surface area (Å²) in [6, 6.07) is 5.11. The highest BCUT2D eigenvalue weighted by Crippen LogP contribution is 2.28. The Hall–Kier alpha value is -0.940. The normalized spacial score (nSPS) is 22.7. The number of nitro groups is 1. The molecule has 0 aromatic heterocycles. The van der Waals surface area contributed by atoms with Gasteiger partial charge in [0.25, 0.3) is 5.69 Å². The van der Waals surface area contributed by atoms with Crippen LogP contribution in [0, 0.1) is 22.0 Å².